The van der Waals surface area contributed by atoms with Gasteiger partial charge in [0.25, 0.3) is 11.5 Å². The monoisotopic (exact) mass is 600 g/mol. The van der Waals surface area contributed by atoms with Crippen LogP contribution in [0.5, 0.6) is 0 Å². The van der Waals surface area contributed by atoms with Gasteiger partial charge in [-0.3, -0.25) is 9.59 Å². The van der Waals surface area contributed by atoms with Gasteiger partial charge in [0.1, 0.15) is 10.7 Å². The van der Waals surface area contributed by atoms with Crippen LogP contribution in [0.3, 0.4) is 0 Å². The Morgan fingerprint density at radius 2 is 1.90 bits per heavy atom. The van der Waals surface area contributed by atoms with Crippen LogP contribution < -0.4 is 16.2 Å². The molecule has 5 rings (SSSR count). The molecule has 2 heterocycles. The quantitative estimate of drug-likeness (QED) is 0.294. The van der Waals surface area contributed by atoms with Crippen LogP contribution in [0.15, 0.2) is 46.2 Å². The number of halogens is 1. The van der Waals surface area contributed by atoms with Gasteiger partial charge in [0.05, 0.1) is 6.61 Å². The predicted octanol–water partition coefficient (Wildman–Crippen LogP) is 1.98. The molecule has 1 saturated carbocycles. The van der Waals surface area contributed by atoms with Crippen molar-refractivity contribution in [3.8, 4) is 11.1 Å². The molecule has 42 heavy (non-hydrogen) atoms. The highest BCUT2D eigenvalue weighted by atomic mass is 32.2. The Kier molecular flexibility index (Phi) is 8.29. The zero-order valence-electron chi connectivity index (χ0n) is 24.0. The molecular formula is C30H37FN4O6S. The molecule has 0 bridgehead atoms. The highest BCUT2D eigenvalue weighted by Gasteiger charge is 2.33. The normalized spacial score (nSPS) is 18.4. The molecule has 10 nitrogen and oxygen atoms in total. The number of carbonyl (C=O) groups excluding carboxylic acids is 1. The van der Waals surface area contributed by atoms with Crippen molar-refractivity contribution in [2.75, 3.05) is 32.8 Å². The van der Waals surface area contributed by atoms with Crippen molar-refractivity contribution in [2.45, 2.75) is 57.1 Å². The molecule has 226 valence electrons. The number of aromatic nitrogens is 1. The van der Waals surface area contributed by atoms with E-state index in [4.69, 9.17) is 0 Å². The van der Waals surface area contributed by atoms with Crippen molar-refractivity contribution in [3.05, 3.63) is 63.8 Å². The first-order chi connectivity index (χ1) is 19.8. The highest BCUT2D eigenvalue weighted by molar-refractivity contribution is 7.89. The van der Waals surface area contributed by atoms with E-state index in [-0.39, 0.29) is 71.6 Å². The number of carbonyl (C=O) groups is 1. The summed E-state index contributed by atoms with van der Waals surface area (Å²) in [6.45, 7) is 5.30. The van der Waals surface area contributed by atoms with Crippen molar-refractivity contribution in [1.82, 2.24) is 19.5 Å². The van der Waals surface area contributed by atoms with Gasteiger partial charge in [-0.05, 0) is 60.7 Å². The second kappa shape index (κ2) is 11.5. The maximum absolute atomic E-state index is 15.1. The smallest absolute Gasteiger partial charge is 0.258 e. The van der Waals surface area contributed by atoms with E-state index in [1.54, 1.807) is 39.0 Å². The summed E-state index contributed by atoms with van der Waals surface area (Å²) in [4.78, 5) is 26.2. The maximum Gasteiger partial charge on any atom is 0.258 e. The number of rotatable bonds is 9. The van der Waals surface area contributed by atoms with Crippen molar-refractivity contribution in [1.29, 1.82) is 0 Å². The fraction of sp³-hybridized carbons (Fsp3) is 0.467. The molecule has 1 aliphatic carbocycles. The number of fused-ring (bicyclic) bond motifs is 1. The number of benzene rings is 2. The SMILES string of the molecule is Cc1c(F)cc(C(=O)NC2CC2)cc1-c1ccc2c(=O)n(CC(C)(C)CO)cc(S(=O)(=O)N3CCN[C@@H](CO)C3)c2c1. The number of hydrogen-bond acceptors (Lipinski definition) is 7. The average molecular weight is 601 g/mol. The van der Waals surface area contributed by atoms with Crippen LogP contribution in [0.25, 0.3) is 21.9 Å². The van der Waals surface area contributed by atoms with E-state index in [0.717, 1.165) is 12.8 Å². The molecule has 2 aliphatic rings. The third-order valence-electron chi connectivity index (χ3n) is 7.96. The van der Waals surface area contributed by atoms with Crippen LogP contribution >= 0.6 is 0 Å². The predicted molar refractivity (Wildman–Crippen MR) is 157 cm³/mol. The van der Waals surface area contributed by atoms with Crippen LogP contribution in [0, 0.1) is 18.2 Å². The Balaban J connectivity index is 1.69. The van der Waals surface area contributed by atoms with Gasteiger partial charge in [0, 0.05) is 72.8 Å². The number of nitrogens with one attached hydrogen (secondary N) is 2. The topological polar surface area (TPSA) is 141 Å². The van der Waals surface area contributed by atoms with E-state index in [1.807, 2.05) is 0 Å². The third kappa shape index (κ3) is 6.00. The molecule has 4 N–H and O–H groups in total. The molecule has 2 fully saturated rings. The zero-order chi connectivity index (χ0) is 30.4. The van der Waals surface area contributed by atoms with Gasteiger partial charge < -0.3 is 25.4 Å². The summed E-state index contributed by atoms with van der Waals surface area (Å²) in [6, 6.07) is 7.13. The van der Waals surface area contributed by atoms with Crippen molar-refractivity contribution in [2.24, 2.45) is 5.41 Å². The van der Waals surface area contributed by atoms with E-state index in [1.165, 1.54) is 27.2 Å². The van der Waals surface area contributed by atoms with Gasteiger partial charge >= 0.3 is 0 Å². The lowest BCUT2D eigenvalue weighted by Gasteiger charge is -2.32. The Morgan fingerprint density at radius 3 is 2.57 bits per heavy atom. The van der Waals surface area contributed by atoms with Gasteiger partial charge in [-0.25, -0.2) is 12.8 Å². The summed E-state index contributed by atoms with van der Waals surface area (Å²) in [6.07, 6.45) is 3.08. The molecule has 1 aromatic heterocycles. The van der Waals surface area contributed by atoms with Crippen LogP contribution in [0.4, 0.5) is 4.39 Å². The molecule has 0 radical (unpaired) electrons. The summed E-state index contributed by atoms with van der Waals surface area (Å²) in [7, 11) is -4.16. The van der Waals surface area contributed by atoms with Gasteiger partial charge in [-0.1, -0.05) is 19.9 Å². The molecule has 0 unspecified atom stereocenters. The van der Waals surface area contributed by atoms with Crippen LogP contribution in [0.2, 0.25) is 0 Å². The maximum atomic E-state index is 15.1. The minimum atomic E-state index is -4.16. The Morgan fingerprint density at radius 1 is 1.17 bits per heavy atom. The fourth-order valence-corrected chi connectivity index (χ4v) is 6.93. The zero-order valence-corrected chi connectivity index (χ0v) is 24.8. The number of hydrogen-bond donors (Lipinski definition) is 4. The van der Waals surface area contributed by atoms with E-state index in [0.29, 0.717) is 17.7 Å². The first-order valence-corrected chi connectivity index (χ1v) is 15.5. The van der Waals surface area contributed by atoms with Gasteiger partial charge in [0.2, 0.25) is 10.0 Å². The van der Waals surface area contributed by atoms with Crippen molar-refractivity contribution < 1.29 is 27.8 Å². The van der Waals surface area contributed by atoms with Crippen LogP contribution in [-0.4, -0.2) is 78.3 Å². The lowest BCUT2D eigenvalue weighted by molar-refractivity contribution is 0.0950. The number of pyridine rings is 1. The summed E-state index contributed by atoms with van der Waals surface area (Å²) < 4.78 is 45.9. The second-order valence-electron chi connectivity index (χ2n) is 12.1. The number of sulfonamides is 1. The molecule has 0 spiro atoms. The lowest BCUT2D eigenvalue weighted by atomic mass is 9.94. The Hall–Kier alpha value is -3.16. The molecule has 1 amide bonds. The minimum absolute atomic E-state index is 0.0454. The minimum Gasteiger partial charge on any atom is -0.396 e. The van der Waals surface area contributed by atoms with Crippen LogP contribution in [-0.2, 0) is 16.6 Å². The summed E-state index contributed by atoms with van der Waals surface area (Å²) in [5, 5.41) is 25.8. The highest BCUT2D eigenvalue weighted by Crippen LogP contribution is 2.33. The van der Waals surface area contributed by atoms with Crippen LogP contribution in [0.1, 0.15) is 42.6 Å². The van der Waals surface area contributed by atoms with Crippen molar-refractivity contribution >= 4 is 26.7 Å². The van der Waals surface area contributed by atoms with Gasteiger partial charge in [0.15, 0.2) is 0 Å². The molecule has 2 aromatic carbocycles. The number of piperazine rings is 1. The average Bonchev–Trinajstić information content (AvgIpc) is 3.79. The molecule has 3 aromatic rings. The standard InChI is InChI=1S/C30H37FN4O6S/c1-18-24(11-20(12-26(18)31)28(38)33-21-5-6-21)19-4-7-23-25(10-19)27(14-34(29(23)39)16-30(2,3)17-37)42(40,41)35-9-8-32-22(13-35)15-36/h4,7,10-12,14,21-22,32,36-37H,5-6,8-9,13,15-17H2,1-3H3,(H,33,38)/t22-/m1/s1. The second-order valence-corrected chi connectivity index (χ2v) is 14.0. The van der Waals surface area contributed by atoms with E-state index >= 15 is 4.39 Å². The number of aliphatic hydroxyl groups is 2. The summed E-state index contributed by atoms with van der Waals surface area (Å²) in [5.74, 6) is -0.952. The number of aliphatic hydroxyl groups excluding tert-OH is 2. The summed E-state index contributed by atoms with van der Waals surface area (Å²) in [5.41, 5.74) is 0.183. The van der Waals surface area contributed by atoms with Gasteiger partial charge in [-0.15, -0.1) is 0 Å². The summed E-state index contributed by atoms with van der Waals surface area (Å²) >= 11 is 0. The van der Waals surface area contributed by atoms with E-state index < -0.39 is 32.9 Å². The fourth-order valence-electron chi connectivity index (χ4n) is 5.24. The number of amides is 1. The first kappa shape index (κ1) is 30.3. The molecule has 12 heteroatoms. The van der Waals surface area contributed by atoms with Gasteiger partial charge in [-0.2, -0.15) is 4.31 Å². The van der Waals surface area contributed by atoms with Crippen molar-refractivity contribution in [3.63, 3.8) is 0 Å². The largest absolute Gasteiger partial charge is 0.396 e. The Bertz CT molecular complexity index is 1700. The molecule has 1 atom stereocenters. The van der Waals surface area contributed by atoms with E-state index in [9.17, 15) is 28.2 Å². The Labute approximate surface area is 244 Å². The molecule has 1 aliphatic heterocycles. The third-order valence-corrected chi connectivity index (χ3v) is 9.85. The van der Waals surface area contributed by atoms with E-state index in [2.05, 4.69) is 10.6 Å². The lowest BCUT2D eigenvalue weighted by Crippen LogP contribution is -2.54. The molecular weight excluding hydrogens is 563 g/mol. The number of nitrogens with zero attached hydrogens (tertiary/aromatic N) is 2. The molecule has 1 saturated heterocycles. The first-order valence-electron chi connectivity index (χ1n) is 14.1.